The molecule has 0 spiro atoms. The number of nitrogens with two attached hydrogens (primary N) is 2. The molecule has 0 rings (SSSR count). The Morgan fingerprint density at radius 3 is 1.73 bits per heavy atom. The summed E-state index contributed by atoms with van der Waals surface area (Å²) in [5.41, 5.74) is 11.4. The average Bonchev–Trinajstić information content (AvgIpc) is 2.89. The van der Waals surface area contributed by atoms with E-state index in [1.54, 1.807) is 20.8 Å². The van der Waals surface area contributed by atoms with Gasteiger partial charge in [-0.2, -0.15) is 0 Å². The Kier molecular flexibility index (Phi) is 17.3. The third-order valence-electron chi connectivity index (χ3n) is 6.47. The van der Waals surface area contributed by atoms with Crippen molar-refractivity contribution in [2.24, 2.45) is 23.3 Å². The van der Waals surface area contributed by atoms with E-state index in [4.69, 9.17) is 16.6 Å². The number of carbonyl (C=O) groups excluding carboxylic acids is 4. The van der Waals surface area contributed by atoms with Gasteiger partial charge in [-0.1, -0.05) is 34.1 Å². The first kappa shape index (κ1) is 36.7. The Bertz CT molecular complexity index is 870. The highest BCUT2D eigenvalue weighted by Crippen LogP contribution is 2.08. The average molecular weight is 575 g/mol. The molecule has 0 unspecified atom stereocenters. The van der Waals surface area contributed by atoms with Crippen LogP contribution in [0.15, 0.2) is 0 Å². The fourth-order valence-electron chi connectivity index (χ4n) is 3.58. The van der Waals surface area contributed by atoms with Crippen molar-refractivity contribution >= 4 is 35.6 Å². The van der Waals surface area contributed by atoms with E-state index >= 15 is 0 Å². The number of amides is 4. The van der Waals surface area contributed by atoms with Gasteiger partial charge in [0.05, 0.1) is 12.6 Å². The lowest BCUT2D eigenvalue weighted by Gasteiger charge is -2.26. The lowest BCUT2D eigenvalue weighted by atomic mass is 9.98. The lowest BCUT2D eigenvalue weighted by Crippen LogP contribution is -2.59. The molecule has 0 aromatic heterocycles. The van der Waals surface area contributed by atoms with Crippen LogP contribution >= 0.6 is 0 Å². The standard InChI is InChI=1S/C25H46N6O9/c1-5-14(4)19(27)24(38)29-16(9-10-18(33)34)21(35)30-17(12-32)23(37)28-15(8-6-7-11-26)22(36)31-20(13(2)3)25(39)40/h13-17,19-20,32H,5-12,26-27H2,1-4H3,(H,28,37)(H,29,38)(H,30,35)(H,31,36)(H,33,34)(H,39,40)/t14-,15-,16-,17-,19-,20-/m0/s1. The third kappa shape index (κ3) is 13.2. The zero-order valence-electron chi connectivity index (χ0n) is 23.6. The summed E-state index contributed by atoms with van der Waals surface area (Å²) < 4.78 is 0. The lowest BCUT2D eigenvalue weighted by molar-refractivity contribution is -0.143. The van der Waals surface area contributed by atoms with Crippen LogP contribution in [0.1, 0.15) is 66.2 Å². The highest BCUT2D eigenvalue weighted by molar-refractivity contribution is 5.95. The van der Waals surface area contributed by atoms with E-state index in [0.29, 0.717) is 25.8 Å². The third-order valence-corrected chi connectivity index (χ3v) is 6.47. The number of nitrogens with one attached hydrogen (secondary N) is 4. The molecule has 0 aromatic carbocycles. The summed E-state index contributed by atoms with van der Waals surface area (Å²) in [5, 5.41) is 37.7. The van der Waals surface area contributed by atoms with Crippen molar-refractivity contribution in [1.29, 1.82) is 0 Å². The minimum Gasteiger partial charge on any atom is -0.481 e. The summed E-state index contributed by atoms with van der Waals surface area (Å²) in [6.45, 7) is 6.21. The number of aliphatic carboxylic acids is 2. The van der Waals surface area contributed by atoms with Crippen LogP contribution in [-0.4, -0.2) is 94.2 Å². The molecule has 15 heteroatoms. The molecule has 0 aliphatic carbocycles. The van der Waals surface area contributed by atoms with Crippen LogP contribution in [0.2, 0.25) is 0 Å². The predicted molar refractivity (Wildman–Crippen MR) is 144 cm³/mol. The number of aliphatic hydroxyl groups excluding tert-OH is 1. The minimum atomic E-state index is -1.56. The summed E-state index contributed by atoms with van der Waals surface area (Å²) in [6, 6.07) is -6.30. The fourth-order valence-corrected chi connectivity index (χ4v) is 3.58. The van der Waals surface area contributed by atoms with Gasteiger partial charge in [0, 0.05) is 6.42 Å². The molecule has 0 radical (unpaired) electrons. The van der Waals surface area contributed by atoms with Gasteiger partial charge in [0.25, 0.3) is 0 Å². The predicted octanol–water partition coefficient (Wildman–Crippen LogP) is -1.97. The summed E-state index contributed by atoms with van der Waals surface area (Å²) >= 11 is 0. The van der Waals surface area contributed by atoms with Gasteiger partial charge in [0.2, 0.25) is 23.6 Å². The largest absolute Gasteiger partial charge is 0.481 e. The first-order valence-corrected chi connectivity index (χ1v) is 13.4. The molecular formula is C25H46N6O9. The summed E-state index contributed by atoms with van der Waals surface area (Å²) in [6.07, 6.45) is 0.848. The number of hydrogen-bond donors (Lipinski definition) is 9. The van der Waals surface area contributed by atoms with Crippen LogP contribution in [0.3, 0.4) is 0 Å². The molecule has 15 nitrogen and oxygen atoms in total. The Balaban J connectivity index is 5.68. The second kappa shape index (κ2) is 18.9. The smallest absolute Gasteiger partial charge is 0.326 e. The highest BCUT2D eigenvalue weighted by Gasteiger charge is 2.32. The van der Waals surface area contributed by atoms with Gasteiger partial charge < -0.3 is 48.1 Å². The monoisotopic (exact) mass is 574 g/mol. The molecular weight excluding hydrogens is 528 g/mol. The maximum absolute atomic E-state index is 12.9. The van der Waals surface area contributed by atoms with Crippen LogP contribution in [-0.2, 0) is 28.8 Å². The Hall–Kier alpha value is -3.30. The number of hydrogen-bond acceptors (Lipinski definition) is 9. The van der Waals surface area contributed by atoms with Gasteiger partial charge in [0.15, 0.2) is 0 Å². The number of carbonyl (C=O) groups is 6. The molecule has 11 N–H and O–H groups in total. The zero-order chi connectivity index (χ0) is 31.0. The van der Waals surface area contributed by atoms with Crippen LogP contribution < -0.4 is 32.7 Å². The summed E-state index contributed by atoms with van der Waals surface area (Å²) in [7, 11) is 0. The van der Waals surface area contributed by atoms with Crippen LogP contribution in [0.4, 0.5) is 0 Å². The molecule has 6 atom stereocenters. The summed E-state index contributed by atoms with van der Waals surface area (Å²) in [4.78, 5) is 73.9. The van der Waals surface area contributed by atoms with Crippen LogP contribution in [0.25, 0.3) is 0 Å². The molecule has 0 aliphatic heterocycles. The van der Waals surface area contributed by atoms with E-state index in [1.165, 1.54) is 0 Å². The number of aliphatic hydroxyl groups is 1. The van der Waals surface area contributed by atoms with E-state index in [2.05, 4.69) is 21.3 Å². The van der Waals surface area contributed by atoms with E-state index in [9.17, 15) is 39.0 Å². The van der Waals surface area contributed by atoms with Gasteiger partial charge in [-0.05, 0) is 44.1 Å². The Labute approximate surface area is 234 Å². The molecule has 4 amide bonds. The SMILES string of the molecule is CC[C@H](C)[C@H](N)C(=O)N[C@@H](CCC(=O)O)C(=O)N[C@@H](CO)C(=O)N[C@@H](CCCCN)C(=O)N[C@H](C(=O)O)C(C)C. The summed E-state index contributed by atoms with van der Waals surface area (Å²) in [5.74, 6) is -6.47. The molecule has 0 bridgehead atoms. The maximum atomic E-state index is 12.9. The molecule has 0 aliphatic rings. The van der Waals surface area contributed by atoms with Crippen molar-refractivity contribution < 1.29 is 44.1 Å². The van der Waals surface area contributed by atoms with Crippen molar-refractivity contribution in [2.45, 2.75) is 96.4 Å². The van der Waals surface area contributed by atoms with Crippen molar-refractivity contribution in [3.63, 3.8) is 0 Å². The Morgan fingerprint density at radius 2 is 1.25 bits per heavy atom. The van der Waals surface area contributed by atoms with E-state index in [-0.39, 0.29) is 18.8 Å². The van der Waals surface area contributed by atoms with Gasteiger partial charge in [-0.25, -0.2) is 4.79 Å². The molecule has 0 aromatic rings. The minimum absolute atomic E-state index is 0.107. The van der Waals surface area contributed by atoms with E-state index in [1.807, 2.05) is 6.92 Å². The zero-order valence-corrected chi connectivity index (χ0v) is 23.6. The molecule has 0 heterocycles. The first-order chi connectivity index (χ1) is 18.7. The van der Waals surface area contributed by atoms with Gasteiger partial charge in [-0.3, -0.25) is 24.0 Å². The fraction of sp³-hybridized carbons (Fsp3) is 0.760. The molecule has 40 heavy (non-hydrogen) atoms. The molecule has 230 valence electrons. The Morgan fingerprint density at radius 1 is 0.750 bits per heavy atom. The van der Waals surface area contributed by atoms with Gasteiger partial charge >= 0.3 is 11.9 Å². The van der Waals surface area contributed by atoms with Crippen LogP contribution in [0, 0.1) is 11.8 Å². The second-order valence-electron chi connectivity index (χ2n) is 10.1. The first-order valence-electron chi connectivity index (χ1n) is 13.4. The number of carboxylic acids is 2. The molecule has 0 saturated carbocycles. The van der Waals surface area contributed by atoms with Gasteiger partial charge in [-0.15, -0.1) is 0 Å². The number of unbranched alkanes of at least 4 members (excludes halogenated alkanes) is 1. The van der Waals surface area contributed by atoms with Crippen molar-refractivity contribution in [3.8, 4) is 0 Å². The van der Waals surface area contributed by atoms with Gasteiger partial charge in [0.1, 0.15) is 24.2 Å². The molecule has 0 saturated heterocycles. The normalized spacial score (nSPS) is 15.6. The van der Waals surface area contributed by atoms with E-state index in [0.717, 1.165) is 0 Å². The van der Waals surface area contributed by atoms with Crippen LogP contribution in [0.5, 0.6) is 0 Å². The number of rotatable bonds is 20. The topological polar surface area (TPSA) is 263 Å². The van der Waals surface area contributed by atoms with E-state index < -0.39 is 84.7 Å². The maximum Gasteiger partial charge on any atom is 0.326 e. The highest BCUT2D eigenvalue weighted by atomic mass is 16.4. The quantitative estimate of drug-likeness (QED) is 0.0719. The van der Waals surface area contributed by atoms with Crippen molar-refractivity contribution in [1.82, 2.24) is 21.3 Å². The van der Waals surface area contributed by atoms with Crippen molar-refractivity contribution in [3.05, 3.63) is 0 Å². The van der Waals surface area contributed by atoms with Crippen molar-refractivity contribution in [2.75, 3.05) is 13.2 Å². The number of carboxylic acid groups (broad SMARTS) is 2. The second-order valence-corrected chi connectivity index (χ2v) is 10.1. The molecule has 0 fully saturated rings.